The fraction of sp³-hybridized carbons (Fsp3) is 0.381. The van der Waals surface area contributed by atoms with Crippen molar-refractivity contribution in [1.29, 1.82) is 0 Å². The van der Waals surface area contributed by atoms with Crippen molar-refractivity contribution in [1.82, 2.24) is 19.8 Å². The van der Waals surface area contributed by atoms with E-state index >= 15 is 0 Å². The van der Waals surface area contributed by atoms with Crippen molar-refractivity contribution in [2.45, 2.75) is 25.3 Å². The Kier molecular flexibility index (Phi) is 3.87. The molecule has 1 aliphatic carbocycles. The molecule has 144 valence electrons. The first-order valence-corrected chi connectivity index (χ1v) is 9.62. The average Bonchev–Trinajstić information content (AvgIpc) is 3.40. The summed E-state index contributed by atoms with van der Waals surface area (Å²) in [6.07, 6.45) is 6.87. The minimum absolute atomic E-state index is 0.0805. The van der Waals surface area contributed by atoms with E-state index in [9.17, 15) is 4.79 Å². The number of carbonyl (C=O) groups excluding carboxylic acids is 1. The van der Waals surface area contributed by atoms with Crippen LogP contribution in [0.4, 0.5) is 0 Å². The predicted molar refractivity (Wildman–Crippen MR) is 104 cm³/mol. The molecule has 2 aliphatic rings. The molecule has 2 aromatic heterocycles. The molecule has 1 aromatic carbocycles. The lowest BCUT2D eigenvalue weighted by atomic mass is 9.65. The zero-order valence-corrected chi connectivity index (χ0v) is 15.8. The zero-order chi connectivity index (χ0) is 19.3. The molecular formula is C21H23N5O2. The van der Waals surface area contributed by atoms with E-state index in [0.29, 0.717) is 17.5 Å². The number of aryl methyl sites for hydroxylation is 1. The summed E-state index contributed by atoms with van der Waals surface area (Å²) >= 11 is 0. The van der Waals surface area contributed by atoms with Crippen molar-refractivity contribution in [2.24, 2.45) is 18.2 Å². The van der Waals surface area contributed by atoms with Gasteiger partial charge in [0.15, 0.2) is 0 Å². The summed E-state index contributed by atoms with van der Waals surface area (Å²) in [7, 11) is 1.90. The number of amides is 1. The van der Waals surface area contributed by atoms with Crippen LogP contribution >= 0.6 is 0 Å². The lowest BCUT2D eigenvalue weighted by Crippen LogP contribution is -2.48. The summed E-state index contributed by atoms with van der Waals surface area (Å²) < 4.78 is 7.15. The van der Waals surface area contributed by atoms with E-state index in [4.69, 9.17) is 10.3 Å². The van der Waals surface area contributed by atoms with Gasteiger partial charge < -0.3 is 15.2 Å². The van der Waals surface area contributed by atoms with Gasteiger partial charge in [0.25, 0.3) is 5.91 Å². The van der Waals surface area contributed by atoms with Gasteiger partial charge in [0, 0.05) is 49.6 Å². The molecule has 1 saturated carbocycles. The Balaban J connectivity index is 1.30. The van der Waals surface area contributed by atoms with Crippen molar-refractivity contribution in [3.8, 4) is 22.4 Å². The third-order valence-electron chi connectivity index (χ3n) is 6.06. The third-order valence-corrected chi connectivity index (χ3v) is 6.06. The number of carbonyl (C=O) groups is 1. The van der Waals surface area contributed by atoms with E-state index in [1.165, 1.54) is 0 Å². The largest absolute Gasteiger partial charge is 0.350 e. The second kappa shape index (κ2) is 6.31. The van der Waals surface area contributed by atoms with Crippen LogP contribution in [0.1, 0.15) is 29.8 Å². The molecule has 0 atom stereocenters. The molecule has 3 heterocycles. The smallest absolute Gasteiger partial charge is 0.292 e. The summed E-state index contributed by atoms with van der Waals surface area (Å²) in [5.74, 6) is 0.218. The van der Waals surface area contributed by atoms with Gasteiger partial charge in [-0.05, 0) is 30.2 Å². The Hall–Kier alpha value is -2.93. The number of hydrogen-bond donors (Lipinski definition) is 1. The molecule has 0 unspecified atom stereocenters. The van der Waals surface area contributed by atoms with E-state index in [2.05, 4.69) is 10.3 Å². The molecule has 3 aromatic rings. The maximum atomic E-state index is 12.8. The molecule has 0 bridgehead atoms. The van der Waals surface area contributed by atoms with Crippen LogP contribution in [0, 0.1) is 5.41 Å². The molecule has 5 rings (SSSR count). The van der Waals surface area contributed by atoms with Gasteiger partial charge in [-0.3, -0.25) is 9.48 Å². The highest BCUT2D eigenvalue weighted by atomic mass is 16.5. The molecule has 1 aliphatic heterocycles. The maximum absolute atomic E-state index is 12.8. The van der Waals surface area contributed by atoms with Crippen LogP contribution in [0.2, 0.25) is 0 Å². The van der Waals surface area contributed by atoms with Crippen molar-refractivity contribution in [3.05, 3.63) is 48.5 Å². The Labute approximate surface area is 163 Å². The molecule has 1 amide bonds. The lowest BCUT2D eigenvalue weighted by Gasteiger charge is -2.43. The van der Waals surface area contributed by atoms with Gasteiger partial charge in [0.05, 0.1) is 6.20 Å². The second-order valence-corrected chi connectivity index (χ2v) is 8.20. The number of aromatic nitrogens is 3. The highest BCUT2D eigenvalue weighted by molar-refractivity contribution is 5.92. The van der Waals surface area contributed by atoms with Crippen LogP contribution < -0.4 is 5.73 Å². The summed E-state index contributed by atoms with van der Waals surface area (Å²) in [5, 5.41) is 8.31. The van der Waals surface area contributed by atoms with Crippen LogP contribution in [0.3, 0.4) is 0 Å². The van der Waals surface area contributed by atoms with Crippen LogP contribution in [0.25, 0.3) is 22.4 Å². The topological polar surface area (TPSA) is 90.2 Å². The van der Waals surface area contributed by atoms with Gasteiger partial charge in [-0.1, -0.05) is 29.4 Å². The number of nitrogens with zero attached hydrogens (tertiary/aromatic N) is 4. The van der Waals surface area contributed by atoms with Gasteiger partial charge >= 0.3 is 0 Å². The van der Waals surface area contributed by atoms with E-state index < -0.39 is 0 Å². The van der Waals surface area contributed by atoms with Gasteiger partial charge in [-0.15, -0.1) is 0 Å². The molecule has 7 nitrogen and oxygen atoms in total. The number of rotatable bonds is 3. The Morgan fingerprint density at radius 3 is 2.64 bits per heavy atom. The van der Waals surface area contributed by atoms with Gasteiger partial charge in [0.1, 0.15) is 5.69 Å². The minimum atomic E-state index is -0.0805. The summed E-state index contributed by atoms with van der Waals surface area (Å²) in [4.78, 5) is 14.7. The summed E-state index contributed by atoms with van der Waals surface area (Å²) in [6.45, 7) is 1.54. The molecule has 2 fully saturated rings. The summed E-state index contributed by atoms with van der Waals surface area (Å²) in [5.41, 5.74) is 9.90. The first-order valence-electron chi connectivity index (χ1n) is 9.62. The zero-order valence-electron chi connectivity index (χ0n) is 15.8. The number of benzene rings is 1. The Morgan fingerprint density at radius 2 is 1.96 bits per heavy atom. The van der Waals surface area contributed by atoms with E-state index in [1.54, 1.807) is 10.7 Å². The predicted octanol–water partition coefficient (Wildman–Crippen LogP) is 2.70. The standard InChI is InChI=1S/C21H23N5O2/c1-25-12-16(11-23-25)14-2-4-15(5-3-14)18-8-19(28-24-18)20(27)26-7-6-21(13-26)9-17(22)10-21/h2-5,8,11-12,17H,6-7,9-10,13,22H2,1H3. The van der Waals surface area contributed by atoms with Crippen LogP contribution in [0.5, 0.6) is 0 Å². The molecule has 2 N–H and O–H groups in total. The van der Waals surface area contributed by atoms with Gasteiger partial charge in [-0.2, -0.15) is 5.10 Å². The number of likely N-dealkylation sites (tertiary alicyclic amines) is 1. The first kappa shape index (κ1) is 17.2. The Morgan fingerprint density at radius 1 is 1.21 bits per heavy atom. The number of hydrogen-bond acceptors (Lipinski definition) is 5. The van der Waals surface area contributed by atoms with Crippen LogP contribution in [0.15, 0.2) is 47.2 Å². The minimum Gasteiger partial charge on any atom is -0.350 e. The summed E-state index contributed by atoms with van der Waals surface area (Å²) in [6, 6.07) is 10.0. The van der Waals surface area contributed by atoms with Gasteiger partial charge in [0.2, 0.25) is 5.76 Å². The monoisotopic (exact) mass is 377 g/mol. The van der Waals surface area contributed by atoms with Crippen molar-refractivity contribution < 1.29 is 9.32 Å². The van der Waals surface area contributed by atoms with Crippen molar-refractivity contribution in [3.63, 3.8) is 0 Å². The fourth-order valence-corrected chi connectivity index (χ4v) is 4.57. The molecule has 1 saturated heterocycles. The maximum Gasteiger partial charge on any atom is 0.292 e. The van der Waals surface area contributed by atoms with E-state index in [-0.39, 0.29) is 11.3 Å². The lowest BCUT2D eigenvalue weighted by molar-refractivity contribution is 0.0666. The molecule has 0 radical (unpaired) electrons. The average molecular weight is 377 g/mol. The second-order valence-electron chi connectivity index (χ2n) is 8.20. The normalized spacial score (nSPS) is 23.9. The molecule has 28 heavy (non-hydrogen) atoms. The molecular weight excluding hydrogens is 354 g/mol. The molecule has 7 heteroatoms. The Bertz CT molecular complexity index is 1010. The highest BCUT2D eigenvalue weighted by Crippen LogP contribution is 2.47. The third kappa shape index (κ3) is 2.92. The van der Waals surface area contributed by atoms with Gasteiger partial charge in [-0.25, -0.2) is 0 Å². The van der Waals surface area contributed by atoms with Crippen molar-refractivity contribution in [2.75, 3.05) is 13.1 Å². The molecule has 1 spiro atoms. The van der Waals surface area contributed by atoms with E-state index in [1.807, 2.05) is 48.6 Å². The van der Waals surface area contributed by atoms with Crippen LogP contribution in [-0.4, -0.2) is 44.9 Å². The fourth-order valence-electron chi connectivity index (χ4n) is 4.57. The van der Waals surface area contributed by atoms with Crippen molar-refractivity contribution >= 4 is 5.91 Å². The first-order chi connectivity index (χ1) is 13.5. The van der Waals surface area contributed by atoms with Crippen LogP contribution in [-0.2, 0) is 7.05 Å². The highest BCUT2D eigenvalue weighted by Gasteiger charge is 2.48. The quantitative estimate of drug-likeness (QED) is 0.758. The SMILES string of the molecule is Cn1cc(-c2ccc(-c3cc(C(=O)N4CCC5(CC(N)C5)C4)on3)cc2)cn1. The van der Waals surface area contributed by atoms with E-state index in [0.717, 1.165) is 49.0 Å². The number of nitrogens with two attached hydrogens (primary N) is 1.